The molecule has 14 nitrogen and oxygen atoms in total. The van der Waals surface area contributed by atoms with Gasteiger partial charge in [-0.05, 0) is 89.5 Å². The molecule has 6 N–H and O–H groups in total. The zero-order chi connectivity index (χ0) is 44.2. The van der Waals surface area contributed by atoms with E-state index < -0.39 is 23.2 Å². The van der Waals surface area contributed by atoms with E-state index in [1.807, 2.05) is 126 Å². The van der Waals surface area contributed by atoms with Crippen LogP contribution in [0.25, 0.3) is 10.9 Å². The zero-order valence-corrected chi connectivity index (χ0v) is 36.7. The molecule has 1 aliphatic heterocycles. The Morgan fingerprint density at radius 3 is 2.32 bits per heavy atom. The van der Waals surface area contributed by atoms with Crippen LogP contribution in [0.15, 0.2) is 97.3 Å². The first-order valence-corrected chi connectivity index (χ1v) is 21.6. The second-order valence-corrected chi connectivity index (χ2v) is 17.7. The predicted octanol–water partition coefficient (Wildman–Crippen LogP) is 7.52. The van der Waals surface area contributed by atoms with Crippen molar-refractivity contribution in [2.24, 2.45) is 0 Å². The lowest BCUT2D eigenvalue weighted by Gasteiger charge is -2.39. The Bertz CT molecular complexity index is 2190. The molecule has 0 aliphatic carbocycles. The summed E-state index contributed by atoms with van der Waals surface area (Å²) in [5.41, 5.74) is 1.93. The third kappa shape index (κ3) is 12.7. The maximum absolute atomic E-state index is 14.1. The zero-order valence-electron chi connectivity index (χ0n) is 36.7. The number of imidazole rings is 1. The van der Waals surface area contributed by atoms with Crippen molar-refractivity contribution >= 4 is 28.9 Å². The molecule has 14 heteroatoms. The second-order valence-electron chi connectivity index (χ2n) is 17.7. The van der Waals surface area contributed by atoms with E-state index in [1.165, 1.54) is 0 Å². The molecule has 1 fully saturated rings. The van der Waals surface area contributed by atoms with Gasteiger partial charge in [0.1, 0.15) is 19.2 Å². The monoisotopic (exact) mass is 849 g/mol. The van der Waals surface area contributed by atoms with Crippen molar-refractivity contribution < 1.29 is 33.7 Å². The summed E-state index contributed by atoms with van der Waals surface area (Å²) in [4.78, 5) is 53.6. The van der Waals surface area contributed by atoms with Gasteiger partial charge in [0.15, 0.2) is 0 Å². The Labute approximate surface area is 364 Å². The van der Waals surface area contributed by atoms with Crippen LogP contribution >= 0.6 is 0 Å². The van der Waals surface area contributed by atoms with E-state index in [2.05, 4.69) is 25.9 Å². The van der Waals surface area contributed by atoms with E-state index in [1.54, 1.807) is 11.1 Å². The maximum atomic E-state index is 14.1. The molecule has 0 unspecified atom stereocenters. The average molecular weight is 850 g/mol. The number of nitrogens with zero attached hydrogens (tertiary/aromatic N) is 2. The van der Waals surface area contributed by atoms with Crippen LogP contribution in [-0.2, 0) is 43.0 Å². The maximum Gasteiger partial charge on any atom is 0.407 e. The summed E-state index contributed by atoms with van der Waals surface area (Å²) in [6.07, 6.45) is 6.40. The molecule has 0 bridgehead atoms. The SMILES string of the molecule is CC(C)(C)OCOC[C@@H](CCCCNC(=O)OCc1ccccc1)NC(=O)C(C)(C)c1cnc([C@@H](Cc2c[nH]c3ccccc23)NC(=O)N2CCC(O)(c3ccccc3)CC2)[nH]1. The number of fused-ring (bicyclic) bond motifs is 1. The molecular weight excluding hydrogens is 787 g/mol. The summed E-state index contributed by atoms with van der Waals surface area (Å²) in [6, 6.07) is 26.0. The van der Waals surface area contributed by atoms with Gasteiger partial charge in [0.2, 0.25) is 5.91 Å². The Morgan fingerprint density at radius 2 is 1.60 bits per heavy atom. The number of carbonyl (C=O) groups is 3. The molecule has 0 radical (unpaired) electrons. The number of alkyl carbamates (subject to hydrolysis) is 1. The number of aromatic nitrogens is 3. The Kier molecular flexibility index (Phi) is 15.5. The van der Waals surface area contributed by atoms with E-state index in [9.17, 15) is 19.5 Å². The smallest absolute Gasteiger partial charge is 0.407 e. The molecule has 2 atom stereocenters. The number of carbonyl (C=O) groups excluding carboxylic acids is 3. The number of benzene rings is 3. The number of urea groups is 1. The summed E-state index contributed by atoms with van der Waals surface area (Å²) in [6.45, 7) is 11.2. The fourth-order valence-corrected chi connectivity index (χ4v) is 7.50. The Morgan fingerprint density at radius 1 is 0.903 bits per heavy atom. The molecule has 332 valence electrons. The number of rotatable bonds is 19. The molecule has 5 aromatic rings. The third-order valence-electron chi connectivity index (χ3n) is 11.4. The molecule has 62 heavy (non-hydrogen) atoms. The number of aliphatic hydroxyl groups is 1. The molecule has 4 amide bonds. The second kappa shape index (κ2) is 20.9. The summed E-state index contributed by atoms with van der Waals surface area (Å²) in [5.74, 6) is 0.295. The number of hydrogen-bond acceptors (Lipinski definition) is 8. The minimum absolute atomic E-state index is 0.0762. The summed E-state index contributed by atoms with van der Waals surface area (Å²) < 4.78 is 17.0. The summed E-state index contributed by atoms with van der Waals surface area (Å²) >= 11 is 0. The van der Waals surface area contributed by atoms with Crippen LogP contribution < -0.4 is 16.0 Å². The highest BCUT2D eigenvalue weighted by molar-refractivity contribution is 5.87. The van der Waals surface area contributed by atoms with Crippen LogP contribution in [0.1, 0.15) is 101 Å². The van der Waals surface area contributed by atoms with Gasteiger partial charge in [0.05, 0.1) is 35.3 Å². The van der Waals surface area contributed by atoms with Gasteiger partial charge in [-0.1, -0.05) is 78.9 Å². The van der Waals surface area contributed by atoms with E-state index in [-0.39, 0.29) is 43.6 Å². The van der Waals surface area contributed by atoms with Gasteiger partial charge in [-0.15, -0.1) is 0 Å². The summed E-state index contributed by atoms with van der Waals surface area (Å²) in [5, 5.41) is 21.7. The van der Waals surface area contributed by atoms with Gasteiger partial charge in [-0.3, -0.25) is 4.79 Å². The quantitative estimate of drug-likeness (QED) is 0.0364. The normalized spacial score (nSPS) is 15.2. The number of piperidine rings is 1. The number of likely N-dealkylation sites (tertiary alicyclic amines) is 1. The number of aromatic amines is 2. The highest BCUT2D eigenvalue weighted by atomic mass is 16.7. The average Bonchev–Trinajstić information content (AvgIpc) is 3.93. The number of amides is 4. The van der Waals surface area contributed by atoms with Gasteiger partial charge < -0.3 is 50.1 Å². The lowest BCUT2D eigenvalue weighted by Crippen LogP contribution is -2.49. The van der Waals surface area contributed by atoms with Gasteiger partial charge in [0, 0.05) is 55.0 Å². The minimum atomic E-state index is -1.04. The largest absolute Gasteiger partial charge is 0.445 e. The molecule has 6 rings (SSSR count). The van der Waals surface area contributed by atoms with Crippen molar-refractivity contribution in [1.29, 1.82) is 0 Å². The number of ether oxygens (including phenoxy) is 3. The number of H-pyrrole nitrogens is 2. The molecule has 0 saturated carbocycles. The third-order valence-corrected chi connectivity index (χ3v) is 11.4. The first-order chi connectivity index (χ1) is 29.7. The van der Waals surface area contributed by atoms with Gasteiger partial charge in [-0.2, -0.15) is 0 Å². The van der Waals surface area contributed by atoms with E-state index in [0.717, 1.165) is 27.6 Å². The van der Waals surface area contributed by atoms with Crippen LogP contribution in [0.5, 0.6) is 0 Å². The molecule has 1 saturated heterocycles. The van der Waals surface area contributed by atoms with Crippen LogP contribution in [0, 0.1) is 0 Å². The van der Waals surface area contributed by atoms with Crippen molar-refractivity contribution in [3.8, 4) is 0 Å². The van der Waals surface area contributed by atoms with Gasteiger partial charge in [0.25, 0.3) is 0 Å². The minimum Gasteiger partial charge on any atom is -0.445 e. The van der Waals surface area contributed by atoms with Crippen molar-refractivity contribution in [1.82, 2.24) is 35.8 Å². The molecule has 3 heterocycles. The molecule has 0 spiro atoms. The molecule has 1 aliphatic rings. The van der Waals surface area contributed by atoms with Crippen LogP contribution in [-0.4, -0.2) is 87.7 Å². The van der Waals surface area contributed by atoms with Crippen LogP contribution in [0.2, 0.25) is 0 Å². The first kappa shape index (κ1) is 45.8. The number of nitrogens with one attached hydrogen (secondary N) is 5. The molecule has 2 aromatic heterocycles. The lowest BCUT2D eigenvalue weighted by atomic mass is 9.84. The first-order valence-electron chi connectivity index (χ1n) is 21.6. The van der Waals surface area contributed by atoms with E-state index >= 15 is 0 Å². The molecule has 3 aromatic carbocycles. The molecular formula is C48H63N7O7. The highest BCUT2D eigenvalue weighted by Crippen LogP contribution is 2.33. The standard InChI is InChI=1S/C48H63N7O7/c1-46(2,3)62-33-60-32-37(20-14-15-25-49-45(58)61-31-34-16-8-6-9-17-34)52-43(56)47(4,5)41-30-51-42(54-41)40(28-35-29-50-39-22-13-12-21-38(35)39)53-44(57)55-26-23-48(59,24-27-55)36-18-10-7-11-19-36/h6-13,16-19,21-22,29-30,37,40,50,59H,14-15,20,23-28,31-33H2,1-5H3,(H,49,58)(H,51,54)(H,52,56)(H,53,57)/t37-,40-/m1/s1. The lowest BCUT2D eigenvalue weighted by molar-refractivity contribution is -0.133. The van der Waals surface area contributed by atoms with Crippen molar-refractivity contribution in [3.05, 3.63) is 126 Å². The van der Waals surface area contributed by atoms with Gasteiger partial charge >= 0.3 is 12.1 Å². The van der Waals surface area contributed by atoms with Crippen molar-refractivity contribution in [2.75, 3.05) is 33.0 Å². The van der Waals surface area contributed by atoms with E-state index in [0.29, 0.717) is 69.7 Å². The van der Waals surface area contributed by atoms with Crippen LogP contribution in [0.3, 0.4) is 0 Å². The number of hydrogen-bond donors (Lipinski definition) is 6. The number of unbranched alkanes of at least 4 members (excludes halogenated alkanes) is 1. The van der Waals surface area contributed by atoms with E-state index in [4.69, 9.17) is 19.2 Å². The fraction of sp³-hybridized carbons (Fsp3) is 0.458. The summed E-state index contributed by atoms with van der Waals surface area (Å²) in [7, 11) is 0. The Hall–Kier alpha value is -5.70. The van der Waals surface area contributed by atoms with Crippen LogP contribution in [0.4, 0.5) is 9.59 Å². The fourth-order valence-electron chi connectivity index (χ4n) is 7.50. The topological polar surface area (TPSA) is 183 Å². The van der Waals surface area contributed by atoms with Gasteiger partial charge in [-0.25, -0.2) is 14.6 Å². The Balaban J connectivity index is 1.10. The number of para-hydroxylation sites is 1. The highest BCUT2D eigenvalue weighted by Gasteiger charge is 2.37. The van der Waals surface area contributed by atoms with Crippen molar-refractivity contribution in [3.63, 3.8) is 0 Å². The predicted molar refractivity (Wildman–Crippen MR) is 238 cm³/mol. The van der Waals surface area contributed by atoms with Crippen molar-refractivity contribution in [2.45, 2.75) is 108 Å².